The summed E-state index contributed by atoms with van der Waals surface area (Å²) in [6.07, 6.45) is 2.98. The van der Waals surface area contributed by atoms with Crippen molar-refractivity contribution in [3.8, 4) is 0 Å². The minimum atomic E-state index is -0.850. The van der Waals surface area contributed by atoms with E-state index < -0.39 is 5.97 Å². The maximum Gasteiger partial charge on any atom is 0.331 e. The van der Waals surface area contributed by atoms with Gasteiger partial charge in [0.1, 0.15) is 5.76 Å². The quantitative estimate of drug-likeness (QED) is 0.682. The van der Waals surface area contributed by atoms with Gasteiger partial charge in [0.15, 0.2) is 0 Å². The number of aliphatic carboxylic acids is 1. The first kappa shape index (κ1) is 8.84. The molecular weight excluding hydrogens is 156 g/mol. The molecule has 1 aliphatic carbocycles. The molecule has 66 valence electrons. The van der Waals surface area contributed by atoms with Crippen LogP contribution in [0.25, 0.3) is 0 Å². The summed E-state index contributed by atoms with van der Waals surface area (Å²) in [7, 11) is 1.56. The topological polar surface area (TPSA) is 46.5 Å². The minimum absolute atomic E-state index is 0.428. The first-order valence-corrected chi connectivity index (χ1v) is 3.82. The van der Waals surface area contributed by atoms with Gasteiger partial charge in [0.2, 0.25) is 0 Å². The average molecular weight is 168 g/mol. The highest BCUT2D eigenvalue weighted by Crippen LogP contribution is 2.23. The molecule has 0 aromatic heterocycles. The summed E-state index contributed by atoms with van der Waals surface area (Å²) in [6, 6.07) is 0. The van der Waals surface area contributed by atoms with Crippen LogP contribution in [-0.4, -0.2) is 18.2 Å². The van der Waals surface area contributed by atoms with E-state index in [1.54, 1.807) is 13.2 Å². The van der Waals surface area contributed by atoms with Crippen LogP contribution in [0.15, 0.2) is 23.0 Å². The zero-order chi connectivity index (χ0) is 9.14. The average Bonchev–Trinajstić information content (AvgIpc) is 2.05. The third-order valence-corrected chi connectivity index (χ3v) is 1.99. The molecule has 0 unspecified atom stereocenters. The van der Waals surface area contributed by atoms with Crippen LogP contribution in [0.3, 0.4) is 0 Å². The van der Waals surface area contributed by atoms with E-state index in [2.05, 4.69) is 0 Å². The molecule has 0 saturated carbocycles. The van der Waals surface area contributed by atoms with E-state index in [1.807, 2.05) is 6.92 Å². The number of hydrogen-bond donors (Lipinski definition) is 1. The largest absolute Gasteiger partial charge is 0.497 e. The van der Waals surface area contributed by atoms with Crippen LogP contribution in [0, 0.1) is 0 Å². The van der Waals surface area contributed by atoms with Gasteiger partial charge in [-0.2, -0.15) is 0 Å². The Labute approximate surface area is 71.3 Å². The molecule has 0 fully saturated rings. The molecule has 3 heteroatoms. The summed E-state index contributed by atoms with van der Waals surface area (Å²) in [5.41, 5.74) is 1.54. The summed E-state index contributed by atoms with van der Waals surface area (Å²) in [6.45, 7) is 1.95. The van der Waals surface area contributed by atoms with Gasteiger partial charge in [-0.3, -0.25) is 0 Å². The second kappa shape index (κ2) is 3.43. The fraction of sp³-hybridized carbons (Fsp3) is 0.444. The molecule has 0 aliphatic heterocycles. The van der Waals surface area contributed by atoms with Crippen LogP contribution in [0.4, 0.5) is 0 Å². The fourth-order valence-electron chi connectivity index (χ4n) is 1.20. The lowest BCUT2D eigenvalue weighted by Crippen LogP contribution is -2.06. The third kappa shape index (κ3) is 1.67. The highest BCUT2D eigenvalue weighted by Gasteiger charge is 2.15. The maximum absolute atomic E-state index is 10.6. The van der Waals surface area contributed by atoms with E-state index in [0.29, 0.717) is 17.8 Å². The van der Waals surface area contributed by atoms with Gasteiger partial charge in [-0.1, -0.05) is 0 Å². The lowest BCUT2D eigenvalue weighted by Gasteiger charge is -2.13. The molecule has 0 bridgehead atoms. The summed E-state index contributed by atoms with van der Waals surface area (Å²) >= 11 is 0. The van der Waals surface area contributed by atoms with Crippen LogP contribution in [0.2, 0.25) is 0 Å². The molecule has 3 nitrogen and oxygen atoms in total. The van der Waals surface area contributed by atoms with E-state index in [1.165, 1.54) is 0 Å². The molecule has 0 spiro atoms. The maximum atomic E-state index is 10.6. The Kier molecular flexibility index (Phi) is 2.53. The van der Waals surface area contributed by atoms with Crippen LogP contribution in [-0.2, 0) is 9.53 Å². The first-order chi connectivity index (χ1) is 5.65. The number of carbonyl (C=O) groups is 1. The Morgan fingerprint density at radius 1 is 1.58 bits per heavy atom. The Hall–Kier alpha value is -1.25. The number of carboxylic acids is 1. The molecule has 0 heterocycles. The third-order valence-electron chi connectivity index (χ3n) is 1.99. The van der Waals surface area contributed by atoms with Gasteiger partial charge in [-0.05, 0) is 31.4 Å². The predicted molar refractivity (Wildman–Crippen MR) is 44.7 cm³/mol. The number of carboxylic acid groups (broad SMARTS) is 1. The van der Waals surface area contributed by atoms with E-state index in [9.17, 15) is 4.79 Å². The number of allylic oxidation sites excluding steroid dienone is 2. The molecule has 1 rings (SSSR count). The molecule has 0 saturated heterocycles. The van der Waals surface area contributed by atoms with Crippen molar-refractivity contribution in [1.29, 1.82) is 0 Å². The van der Waals surface area contributed by atoms with Gasteiger partial charge >= 0.3 is 5.97 Å². The summed E-state index contributed by atoms with van der Waals surface area (Å²) in [4.78, 5) is 10.6. The molecule has 0 aromatic rings. The highest BCUT2D eigenvalue weighted by atomic mass is 16.5. The Morgan fingerprint density at radius 3 is 2.75 bits per heavy atom. The number of hydrogen-bond acceptors (Lipinski definition) is 2. The predicted octanol–water partition coefficient (Wildman–Crippen LogP) is 1.71. The molecule has 0 atom stereocenters. The molecule has 0 aromatic carbocycles. The molecule has 0 amide bonds. The monoisotopic (exact) mass is 168 g/mol. The van der Waals surface area contributed by atoms with E-state index >= 15 is 0 Å². The standard InChI is InChI=1S/C9H12O3/c1-6-3-4-7(9(10)11)5-8(6)12-2/h5H,3-4H2,1-2H3,(H,10,11). The van der Waals surface area contributed by atoms with Gasteiger partial charge in [-0.25, -0.2) is 4.79 Å². The van der Waals surface area contributed by atoms with Crippen LogP contribution in [0.1, 0.15) is 19.8 Å². The molecule has 1 aliphatic rings. The fourth-order valence-corrected chi connectivity index (χ4v) is 1.20. The van der Waals surface area contributed by atoms with Crippen molar-refractivity contribution in [3.05, 3.63) is 23.0 Å². The van der Waals surface area contributed by atoms with Gasteiger partial charge in [0.05, 0.1) is 7.11 Å². The van der Waals surface area contributed by atoms with E-state index in [0.717, 1.165) is 12.0 Å². The van der Waals surface area contributed by atoms with Crippen molar-refractivity contribution in [3.63, 3.8) is 0 Å². The van der Waals surface area contributed by atoms with Gasteiger partial charge in [0, 0.05) is 5.57 Å². The SMILES string of the molecule is COC1=C(C)CCC(C(=O)O)=C1. The summed E-state index contributed by atoms with van der Waals surface area (Å²) in [5, 5.41) is 8.69. The van der Waals surface area contributed by atoms with Crippen LogP contribution in [0.5, 0.6) is 0 Å². The summed E-state index contributed by atoms with van der Waals surface area (Å²) < 4.78 is 5.02. The number of rotatable bonds is 2. The molecule has 0 radical (unpaired) electrons. The Balaban J connectivity index is 2.90. The number of ether oxygens (including phenoxy) is 1. The molecular formula is C9H12O3. The van der Waals surface area contributed by atoms with Gasteiger partial charge < -0.3 is 9.84 Å². The molecule has 12 heavy (non-hydrogen) atoms. The molecule has 1 N–H and O–H groups in total. The second-order valence-electron chi connectivity index (χ2n) is 2.82. The first-order valence-electron chi connectivity index (χ1n) is 3.82. The Bertz CT molecular complexity index is 261. The van der Waals surface area contributed by atoms with Gasteiger partial charge in [0.25, 0.3) is 0 Å². The van der Waals surface area contributed by atoms with Gasteiger partial charge in [-0.15, -0.1) is 0 Å². The van der Waals surface area contributed by atoms with Crippen LogP contribution >= 0.6 is 0 Å². The minimum Gasteiger partial charge on any atom is -0.497 e. The summed E-state index contributed by atoms with van der Waals surface area (Å²) in [5.74, 6) is -0.157. The zero-order valence-electron chi connectivity index (χ0n) is 7.26. The van der Waals surface area contributed by atoms with Crippen LogP contribution < -0.4 is 0 Å². The lowest BCUT2D eigenvalue weighted by atomic mass is 9.98. The van der Waals surface area contributed by atoms with Crippen molar-refractivity contribution >= 4 is 5.97 Å². The van der Waals surface area contributed by atoms with Crippen molar-refractivity contribution < 1.29 is 14.6 Å². The normalized spacial score (nSPS) is 17.3. The van der Waals surface area contributed by atoms with Crippen molar-refractivity contribution in [2.24, 2.45) is 0 Å². The van der Waals surface area contributed by atoms with E-state index in [-0.39, 0.29) is 0 Å². The Morgan fingerprint density at radius 2 is 2.25 bits per heavy atom. The van der Waals surface area contributed by atoms with Crippen molar-refractivity contribution in [2.75, 3.05) is 7.11 Å². The lowest BCUT2D eigenvalue weighted by molar-refractivity contribution is -0.132. The van der Waals surface area contributed by atoms with Crippen molar-refractivity contribution in [2.45, 2.75) is 19.8 Å². The van der Waals surface area contributed by atoms with E-state index in [4.69, 9.17) is 9.84 Å². The second-order valence-corrected chi connectivity index (χ2v) is 2.82. The highest BCUT2D eigenvalue weighted by molar-refractivity contribution is 5.87. The van der Waals surface area contributed by atoms with Crippen molar-refractivity contribution in [1.82, 2.24) is 0 Å². The zero-order valence-corrected chi connectivity index (χ0v) is 7.26. The smallest absolute Gasteiger partial charge is 0.331 e. The number of methoxy groups -OCH3 is 1.